The number of nitrogens with zero attached hydrogens (tertiary/aromatic N) is 1. The number of benzene rings is 1. The summed E-state index contributed by atoms with van der Waals surface area (Å²) in [4.78, 5) is 20.3. The fourth-order valence-corrected chi connectivity index (χ4v) is 4.58. The predicted octanol–water partition coefficient (Wildman–Crippen LogP) is 5.99. The monoisotopic (exact) mass is 501 g/mol. The van der Waals surface area contributed by atoms with Crippen molar-refractivity contribution < 1.29 is 23.5 Å². The smallest absolute Gasteiger partial charge is 0.291 e. The van der Waals surface area contributed by atoms with E-state index < -0.39 is 21.0 Å². The predicted molar refractivity (Wildman–Crippen MR) is 135 cm³/mol. The van der Waals surface area contributed by atoms with E-state index in [4.69, 9.17) is 21.1 Å². The lowest BCUT2D eigenvalue weighted by Crippen LogP contribution is -2.30. The molecule has 9 nitrogen and oxygen atoms in total. The number of sulfonamides is 1. The molecule has 0 radical (unpaired) electrons. The van der Waals surface area contributed by atoms with Crippen LogP contribution in [0, 0.1) is 10.1 Å². The van der Waals surface area contributed by atoms with Gasteiger partial charge in [-0.1, -0.05) is 96.8 Å². The fraction of sp³-hybridized carbons (Fsp3) is 0.708. The van der Waals surface area contributed by atoms with Crippen molar-refractivity contribution in [3.8, 4) is 0 Å². The minimum atomic E-state index is -3.80. The average Bonchev–Trinajstić information content (AvgIpc) is 2.76. The third kappa shape index (κ3) is 19.1. The van der Waals surface area contributed by atoms with Gasteiger partial charge in [0.15, 0.2) is 0 Å². The van der Waals surface area contributed by atoms with Crippen molar-refractivity contribution in [2.75, 3.05) is 5.73 Å². The number of anilines is 1. The van der Waals surface area contributed by atoms with Crippen LogP contribution < -0.4 is 10.5 Å². The molecule has 0 bridgehead atoms. The second kappa shape index (κ2) is 20.1. The summed E-state index contributed by atoms with van der Waals surface area (Å²) in [5, 5.41) is 13.6. The van der Waals surface area contributed by atoms with Crippen LogP contribution in [0.15, 0.2) is 29.2 Å². The standard InChI is InChI=1S/C24H42N2O3S.HNO3/c1-2-3-4-5-6-7-8-9-10-11-12-13-14-15-16-17-24(27)26-30(28,29)23-20-18-22(25)19-21-23;2-1(3)4/h18-21H,2-17,25H2,1H3,(H,26,27);(H,2,3,4). The first-order valence-corrected chi connectivity index (χ1v) is 13.9. The van der Waals surface area contributed by atoms with Gasteiger partial charge in [-0.2, -0.15) is 0 Å². The Morgan fingerprint density at radius 2 is 1.21 bits per heavy atom. The quantitative estimate of drug-likeness (QED) is 0.0966. The molecule has 4 N–H and O–H groups in total. The Morgan fingerprint density at radius 1 is 0.853 bits per heavy atom. The van der Waals surface area contributed by atoms with E-state index in [-0.39, 0.29) is 11.3 Å². The van der Waals surface area contributed by atoms with Gasteiger partial charge in [-0.05, 0) is 30.7 Å². The summed E-state index contributed by atoms with van der Waals surface area (Å²) in [6, 6.07) is 5.82. The molecular weight excluding hydrogens is 458 g/mol. The van der Waals surface area contributed by atoms with Crippen LogP contribution in [0.25, 0.3) is 0 Å². The number of hydrogen-bond donors (Lipinski definition) is 3. The zero-order chi connectivity index (χ0) is 25.7. The number of nitrogens with two attached hydrogens (primary N) is 1. The maximum Gasteiger partial charge on any atom is 0.291 e. The van der Waals surface area contributed by atoms with Crippen molar-refractivity contribution in [2.45, 2.75) is 115 Å². The molecule has 196 valence electrons. The number of rotatable bonds is 18. The van der Waals surface area contributed by atoms with E-state index in [1.54, 1.807) is 0 Å². The number of carbonyl (C=O) groups is 1. The number of nitrogen functional groups attached to an aromatic ring is 1. The Labute approximate surface area is 204 Å². The molecule has 1 amide bonds. The molecule has 0 atom stereocenters. The molecule has 0 aliphatic heterocycles. The van der Waals surface area contributed by atoms with E-state index in [9.17, 15) is 13.2 Å². The number of amides is 1. The third-order valence-electron chi connectivity index (χ3n) is 5.45. The van der Waals surface area contributed by atoms with Crippen molar-refractivity contribution in [1.29, 1.82) is 0 Å². The van der Waals surface area contributed by atoms with Crippen molar-refractivity contribution in [2.24, 2.45) is 0 Å². The van der Waals surface area contributed by atoms with Crippen LogP contribution in [-0.2, 0) is 14.8 Å². The first-order chi connectivity index (χ1) is 16.2. The highest BCUT2D eigenvalue weighted by Gasteiger charge is 2.16. The second-order valence-corrected chi connectivity index (χ2v) is 10.2. The van der Waals surface area contributed by atoms with Crippen LogP contribution in [0.3, 0.4) is 0 Å². The van der Waals surface area contributed by atoms with Gasteiger partial charge in [0, 0.05) is 12.1 Å². The largest absolute Gasteiger partial charge is 0.399 e. The second-order valence-electron chi connectivity index (χ2n) is 8.54. The molecule has 0 aliphatic carbocycles. The van der Waals surface area contributed by atoms with Crippen LogP contribution in [0.1, 0.15) is 110 Å². The first-order valence-electron chi connectivity index (χ1n) is 12.4. The van der Waals surface area contributed by atoms with Crippen molar-refractivity contribution in [1.82, 2.24) is 4.72 Å². The number of nitrogens with one attached hydrogen (secondary N) is 1. The summed E-state index contributed by atoms with van der Waals surface area (Å²) in [5.74, 6) is -0.443. The van der Waals surface area contributed by atoms with Gasteiger partial charge in [-0.15, -0.1) is 10.1 Å². The van der Waals surface area contributed by atoms with Gasteiger partial charge >= 0.3 is 0 Å². The minimum absolute atomic E-state index is 0.0570. The summed E-state index contributed by atoms with van der Waals surface area (Å²) < 4.78 is 26.4. The Morgan fingerprint density at radius 3 is 1.59 bits per heavy atom. The van der Waals surface area contributed by atoms with E-state index in [2.05, 4.69) is 11.6 Å². The normalized spacial score (nSPS) is 10.9. The van der Waals surface area contributed by atoms with Crippen LogP contribution in [0.5, 0.6) is 0 Å². The van der Waals surface area contributed by atoms with Crippen molar-refractivity contribution >= 4 is 21.6 Å². The molecule has 0 saturated heterocycles. The van der Waals surface area contributed by atoms with Gasteiger partial charge in [0.1, 0.15) is 0 Å². The molecule has 0 heterocycles. The molecule has 0 fully saturated rings. The lowest BCUT2D eigenvalue weighted by molar-refractivity contribution is -0.742. The zero-order valence-corrected chi connectivity index (χ0v) is 21.4. The van der Waals surface area contributed by atoms with Crippen LogP contribution in [0.2, 0.25) is 0 Å². The molecule has 10 heteroatoms. The Hall–Kier alpha value is -2.36. The molecule has 0 unspecified atom stereocenters. The molecule has 0 aliphatic rings. The van der Waals surface area contributed by atoms with E-state index in [0.717, 1.165) is 19.3 Å². The SMILES string of the molecule is CCCCCCCCCCCCCCCCCC(=O)NS(=O)(=O)c1ccc(N)cc1.O=[N+]([O-])O. The molecule has 34 heavy (non-hydrogen) atoms. The summed E-state index contributed by atoms with van der Waals surface area (Å²) in [5.41, 5.74) is 6.04. The zero-order valence-electron chi connectivity index (χ0n) is 20.5. The van der Waals surface area contributed by atoms with E-state index in [0.29, 0.717) is 5.69 Å². The van der Waals surface area contributed by atoms with Crippen LogP contribution >= 0.6 is 0 Å². The lowest BCUT2D eigenvalue weighted by atomic mass is 10.0. The van der Waals surface area contributed by atoms with Gasteiger partial charge < -0.3 is 10.9 Å². The fourth-order valence-electron chi connectivity index (χ4n) is 3.56. The molecular formula is C24H43N3O6S. The Bertz CT molecular complexity index is 765. The van der Waals surface area contributed by atoms with Gasteiger partial charge in [-0.25, -0.2) is 13.1 Å². The summed E-state index contributed by atoms with van der Waals surface area (Å²) >= 11 is 0. The van der Waals surface area contributed by atoms with E-state index in [1.807, 2.05) is 0 Å². The molecule has 1 rings (SSSR count). The Balaban J connectivity index is 0.00000251. The summed E-state index contributed by atoms with van der Waals surface area (Å²) in [7, 11) is -3.80. The molecule has 0 saturated carbocycles. The van der Waals surface area contributed by atoms with Crippen LogP contribution in [0.4, 0.5) is 5.69 Å². The van der Waals surface area contributed by atoms with Gasteiger partial charge in [0.2, 0.25) is 5.91 Å². The summed E-state index contributed by atoms with van der Waals surface area (Å²) in [6.45, 7) is 2.26. The Kier molecular flexibility index (Phi) is 18.7. The molecule has 0 aromatic heterocycles. The molecule has 0 spiro atoms. The van der Waals surface area contributed by atoms with Gasteiger partial charge in [-0.3, -0.25) is 4.79 Å². The highest BCUT2D eigenvalue weighted by Crippen LogP contribution is 2.14. The van der Waals surface area contributed by atoms with Crippen molar-refractivity contribution in [3.63, 3.8) is 0 Å². The number of hydrogen-bond acceptors (Lipinski definition) is 6. The van der Waals surface area contributed by atoms with Gasteiger partial charge in [0.25, 0.3) is 15.1 Å². The molecule has 1 aromatic rings. The number of unbranched alkanes of at least 4 members (excludes halogenated alkanes) is 14. The summed E-state index contributed by atoms with van der Waals surface area (Å²) in [6.07, 6.45) is 19.2. The molecule has 1 aromatic carbocycles. The maximum atomic E-state index is 12.1. The minimum Gasteiger partial charge on any atom is -0.399 e. The lowest BCUT2D eigenvalue weighted by Gasteiger charge is -2.07. The average molecular weight is 502 g/mol. The van der Waals surface area contributed by atoms with Gasteiger partial charge in [0.05, 0.1) is 4.90 Å². The first kappa shape index (κ1) is 31.6. The van der Waals surface area contributed by atoms with Crippen LogP contribution in [-0.4, -0.2) is 24.6 Å². The number of carbonyl (C=O) groups excluding carboxylic acids is 1. The highest BCUT2D eigenvalue weighted by atomic mass is 32.2. The maximum absolute atomic E-state index is 12.1. The third-order valence-corrected chi connectivity index (χ3v) is 6.84. The van der Waals surface area contributed by atoms with E-state index in [1.165, 1.54) is 101 Å². The van der Waals surface area contributed by atoms with Crippen molar-refractivity contribution in [3.05, 3.63) is 34.4 Å². The topological polar surface area (TPSA) is 153 Å². The van der Waals surface area contributed by atoms with E-state index >= 15 is 0 Å². The highest BCUT2D eigenvalue weighted by molar-refractivity contribution is 7.90.